The van der Waals surface area contributed by atoms with Gasteiger partial charge in [-0.05, 0) is 73.9 Å². The van der Waals surface area contributed by atoms with Gasteiger partial charge in [0.05, 0.1) is 16.9 Å². The summed E-state index contributed by atoms with van der Waals surface area (Å²) in [6.45, 7) is 0. The minimum Gasteiger partial charge on any atom is -0.430 e. The van der Waals surface area contributed by atoms with E-state index >= 15 is 0 Å². The van der Waals surface area contributed by atoms with Gasteiger partial charge in [0.15, 0.2) is 0 Å². The van der Waals surface area contributed by atoms with Crippen LogP contribution < -0.4 is 4.72 Å². The first-order valence-electron chi connectivity index (χ1n) is 11.9. The van der Waals surface area contributed by atoms with Crippen LogP contribution in [-0.2, 0) is 19.6 Å². The molecular formula is C27H29NO5S. The molecule has 1 saturated carbocycles. The number of allylic oxidation sites excluding steroid dienone is 3. The Hall–Kier alpha value is -2.90. The number of benzene rings is 2. The van der Waals surface area contributed by atoms with E-state index in [-0.39, 0.29) is 22.6 Å². The monoisotopic (exact) mass is 479 g/mol. The minimum absolute atomic E-state index is 0.134. The van der Waals surface area contributed by atoms with E-state index in [1.807, 2.05) is 24.3 Å². The molecule has 0 radical (unpaired) electrons. The van der Waals surface area contributed by atoms with E-state index in [2.05, 4.69) is 4.72 Å². The van der Waals surface area contributed by atoms with E-state index in [9.17, 15) is 18.3 Å². The molecule has 7 heteroatoms. The Bertz CT molecular complexity index is 1220. The lowest BCUT2D eigenvalue weighted by Crippen LogP contribution is -2.45. The molecule has 1 aliphatic heterocycles. The number of fused-ring (bicyclic) bond motifs is 1. The van der Waals surface area contributed by atoms with Crippen LogP contribution in [0, 0.1) is 17.8 Å². The molecule has 3 aliphatic rings. The van der Waals surface area contributed by atoms with Gasteiger partial charge in [0.1, 0.15) is 5.76 Å². The van der Waals surface area contributed by atoms with E-state index in [1.54, 1.807) is 48.5 Å². The Morgan fingerprint density at radius 1 is 1.03 bits per heavy atom. The number of aliphatic hydroxyl groups excluding tert-OH is 1. The number of rotatable bonds is 6. The van der Waals surface area contributed by atoms with Gasteiger partial charge in [0.2, 0.25) is 0 Å². The van der Waals surface area contributed by atoms with Crippen LogP contribution in [-0.4, -0.2) is 25.6 Å². The van der Waals surface area contributed by atoms with Gasteiger partial charge >= 0.3 is 5.97 Å². The number of hydrogen-bond acceptors (Lipinski definition) is 5. The lowest BCUT2D eigenvalue weighted by Gasteiger charge is -2.39. The third-order valence-electron chi connectivity index (χ3n) is 7.01. The van der Waals surface area contributed by atoms with Crippen molar-refractivity contribution in [3.63, 3.8) is 0 Å². The highest BCUT2D eigenvalue weighted by Gasteiger charge is 2.50. The molecule has 0 spiro atoms. The summed E-state index contributed by atoms with van der Waals surface area (Å²) in [5.74, 6) is -0.944. The van der Waals surface area contributed by atoms with Crippen LogP contribution in [0.4, 0.5) is 5.69 Å². The van der Waals surface area contributed by atoms with Gasteiger partial charge in [-0.3, -0.25) is 9.52 Å². The topological polar surface area (TPSA) is 92.7 Å². The van der Waals surface area contributed by atoms with Crippen molar-refractivity contribution < 1.29 is 23.1 Å². The summed E-state index contributed by atoms with van der Waals surface area (Å²) in [7, 11) is -3.81. The summed E-state index contributed by atoms with van der Waals surface area (Å²) in [5, 5.41) is 11.4. The Labute approximate surface area is 200 Å². The van der Waals surface area contributed by atoms with Crippen LogP contribution >= 0.6 is 0 Å². The average Bonchev–Trinajstić information content (AvgIpc) is 3.63. The number of hydrogen-bond donors (Lipinski definition) is 2. The van der Waals surface area contributed by atoms with Crippen molar-refractivity contribution in [1.82, 2.24) is 0 Å². The second-order valence-corrected chi connectivity index (χ2v) is 11.1. The summed E-state index contributed by atoms with van der Waals surface area (Å²) in [6.07, 6.45) is 9.30. The maximum Gasteiger partial charge on any atom is 0.317 e. The summed E-state index contributed by atoms with van der Waals surface area (Å²) in [6, 6.07) is 15.5. The van der Waals surface area contributed by atoms with E-state index in [0.29, 0.717) is 11.4 Å². The Balaban J connectivity index is 1.47. The van der Waals surface area contributed by atoms with E-state index in [0.717, 1.165) is 37.7 Å². The van der Waals surface area contributed by atoms with Gasteiger partial charge in [0, 0.05) is 17.5 Å². The van der Waals surface area contributed by atoms with Crippen LogP contribution in [0.5, 0.6) is 0 Å². The molecule has 4 atom stereocenters. The van der Waals surface area contributed by atoms with Crippen LogP contribution in [0.25, 0.3) is 0 Å². The highest BCUT2D eigenvalue weighted by molar-refractivity contribution is 7.92. The molecule has 2 aromatic rings. The number of aliphatic hydroxyl groups is 1. The van der Waals surface area contributed by atoms with Crippen LogP contribution in [0.2, 0.25) is 0 Å². The molecule has 2 aromatic carbocycles. The van der Waals surface area contributed by atoms with Gasteiger partial charge in [-0.15, -0.1) is 0 Å². The smallest absolute Gasteiger partial charge is 0.317 e. The molecular weight excluding hydrogens is 450 g/mol. The average molecular weight is 480 g/mol. The van der Waals surface area contributed by atoms with Crippen molar-refractivity contribution in [2.24, 2.45) is 17.8 Å². The van der Waals surface area contributed by atoms with Gasteiger partial charge in [-0.2, -0.15) is 0 Å². The standard InChI is InChI=1S/C27H29NO5S/c29-26-22-13-6-1-2-7-14-23(22)33-27(30)25(26)24(18-15-16-18)19-9-8-12-21(17-19)34(31,32)28-20-10-4-3-5-11-20/h2-5,7-12,14,17-18,22,24-26,28-29H,1,6,13,15-16H2. The van der Waals surface area contributed by atoms with Crippen molar-refractivity contribution in [2.75, 3.05) is 4.72 Å². The number of sulfonamides is 1. The first-order valence-corrected chi connectivity index (χ1v) is 13.4. The summed E-state index contributed by atoms with van der Waals surface area (Å²) >= 11 is 0. The second-order valence-electron chi connectivity index (χ2n) is 9.38. The fourth-order valence-corrected chi connectivity index (χ4v) is 6.31. The largest absolute Gasteiger partial charge is 0.430 e. The first-order chi connectivity index (χ1) is 16.4. The third kappa shape index (κ3) is 4.68. The van der Waals surface area contributed by atoms with Crippen molar-refractivity contribution in [1.29, 1.82) is 0 Å². The molecule has 6 nitrogen and oxygen atoms in total. The van der Waals surface area contributed by atoms with Crippen LogP contribution in [0.15, 0.2) is 83.5 Å². The van der Waals surface area contributed by atoms with Crippen molar-refractivity contribution in [2.45, 2.75) is 49.0 Å². The molecule has 4 unspecified atom stereocenters. The molecule has 1 heterocycles. The molecule has 2 aliphatic carbocycles. The van der Waals surface area contributed by atoms with Gasteiger partial charge in [-0.25, -0.2) is 8.42 Å². The molecule has 5 rings (SSSR count). The number of ether oxygens (including phenoxy) is 1. The lowest BCUT2D eigenvalue weighted by molar-refractivity contribution is -0.160. The zero-order chi connectivity index (χ0) is 23.7. The fraction of sp³-hybridized carbons (Fsp3) is 0.370. The predicted octanol–water partition coefficient (Wildman–Crippen LogP) is 4.76. The van der Waals surface area contributed by atoms with E-state index in [4.69, 9.17) is 4.74 Å². The minimum atomic E-state index is -3.81. The molecule has 2 fully saturated rings. The maximum absolute atomic E-state index is 13.2. The number of esters is 1. The van der Waals surface area contributed by atoms with E-state index < -0.39 is 28.0 Å². The number of para-hydroxylation sites is 1. The molecule has 0 amide bonds. The van der Waals surface area contributed by atoms with Crippen molar-refractivity contribution in [3.8, 4) is 0 Å². The zero-order valence-electron chi connectivity index (χ0n) is 18.8. The maximum atomic E-state index is 13.2. The molecule has 2 N–H and O–H groups in total. The van der Waals surface area contributed by atoms with Gasteiger partial charge < -0.3 is 9.84 Å². The van der Waals surface area contributed by atoms with Gasteiger partial charge in [-0.1, -0.05) is 42.5 Å². The van der Waals surface area contributed by atoms with Crippen LogP contribution in [0.1, 0.15) is 43.6 Å². The second kappa shape index (κ2) is 9.39. The number of anilines is 1. The van der Waals surface area contributed by atoms with Crippen molar-refractivity contribution >= 4 is 21.7 Å². The number of carbonyl (C=O) groups is 1. The Morgan fingerprint density at radius 2 is 1.82 bits per heavy atom. The summed E-state index contributed by atoms with van der Waals surface area (Å²) in [4.78, 5) is 13.3. The van der Waals surface area contributed by atoms with Crippen molar-refractivity contribution in [3.05, 3.63) is 84.1 Å². The number of nitrogens with one attached hydrogen (secondary N) is 1. The normalized spacial score (nSPS) is 25.9. The SMILES string of the molecule is O=C1OC2=CC=CCCCC2C(O)C1C(c1cccc(S(=O)(=O)Nc2ccccc2)c1)C1CC1. The fourth-order valence-electron chi connectivity index (χ4n) is 5.20. The van der Waals surface area contributed by atoms with E-state index in [1.165, 1.54) is 0 Å². The van der Waals surface area contributed by atoms with Gasteiger partial charge in [0.25, 0.3) is 10.0 Å². The molecule has 0 aromatic heterocycles. The third-order valence-corrected chi connectivity index (χ3v) is 8.39. The molecule has 1 saturated heterocycles. The Kier molecular flexibility index (Phi) is 6.32. The predicted molar refractivity (Wildman–Crippen MR) is 129 cm³/mol. The summed E-state index contributed by atoms with van der Waals surface area (Å²) < 4.78 is 34.5. The first kappa shape index (κ1) is 22.9. The quantitative estimate of drug-likeness (QED) is 0.583. The molecule has 34 heavy (non-hydrogen) atoms. The highest BCUT2D eigenvalue weighted by Crippen LogP contribution is 2.51. The summed E-state index contributed by atoms with van der Waals surface area (Å²) in [5.41, 5.74) is 1.23. The van der Waals surface area contributed by atoms with Crippen LogP contribution in [0.3, 0.4) is 0 Å². The molecule has 178 valence electrons. The number of carbonyl (C=O) groups excluding carboxylic acids is 1. The molecule has 0 bridgehead atoms. The Morgan fingerprint density at radius 3 is 2.59 bits per heavy atom. The highest BCUT2D eigenvalue weighted by atomic mass is 32.2. The zero-order valence-corrected chi connectivity index (χ0v) is 19.7. The lowest BCUT2D eigenvalue weighted by atomic mass is 9.72.